The molecule has 6 heteroatoms. The summed E-state index contributed by atoms with van der Waals surface area (Å²) < 4.78 is 12.1. The fourth-order valence-corrected chi connectivity index (χ4v) is 7.58. The van der Waals surface area contributed by atoms with Crippen molar-refractivity contribution in [1.29, 1.82) is 0 Å². The predicted octanol–water partition coefficient (Wildman–Crippen LogP) is 12.8. The molecule has 56 heavy (non-hydrogen) atoms. The predicted molar refractivity (Wildman–Crippen MR) is 238 cm³/mol. The average molecular weight is 777 g/mol. The lowest BCUT2D eigenvalue weighted by molar-refractivity contribution is -0.124. The third-order valence-corrected chi connectivity index (χ3v) is 11.0. The van der Waals surface area contributed by atoms with Gasteiger partial charge in [0.15, 0.2) is 11.6 Å². The van der Waals surface area contributed by atoms with Crippen molar-refractivity contribution >= 4 is 11.6 Å². The molecule has 0 aliphatic heterocycles. The highest BCUT2D eigenvalue weighted by Crippen LogP contribution is 2.28. The van der Waals surface area contributed by atoms with Gasteiger partial charge >= 0.3 is 0 Å². The van der Waals surface area contributed by atoms with Crippen molar-refractivity contribution in [3.05, 3.63) is 59.7 Å². The highest BCUT2D eigenvalue weighted by atomic mass is 16.5. The second kappa shape index (κ2) is 34.6. The van der Waals surface area contributed by atoms with E-state index < -0.39 is 0 Å². The Bertz CT molecular complexity index is 1150. The minimum atomic E-state index is 0.143. The van der Waals surface area contributed by atoms with E-state index in [0.29, 0.717) is 26.1 Å². The van der Waals surface area contributed by atoms with Crippen LogP contribution in [0.4, 0.5) is 0 Å². The van der Waals surface area contributed by atoms with Gasteiger partial charge in [0.2, 0.25) is 0 Å². The molecule has 0 saturated carbocycles. The third-order valence-electron chi connectivity index (χ3n) is 11.0. The van der Waals surface area contributed by atoms with Crippen LogP contribution >= 0.6 is 0 Å². The first-order chi connectivity index (χ1) is 27.5. The van der Waals surface area contributed by atoms with Crippen molar-refractivity contribution in [2.45, 2.75) is 182 Å². The molecule has 2 aromatic carbocycles. The standard InChI is InChI=1S/C50H84N2O4/c1-5-9-13-17-25-37-51(35-23-15-11-7-3)39-27-31-47(53)43-55-41-45-29-19-21-33-49(45)50-34-22-20-30-46(50)42-56-44-48(54)32-28-40-52(36-24-16-12-8-4)38-26-18-14-10-6-2/h19-22,29-30,33-34H,5-18,23-28,31-32,35-44H2,1-4H3. The van der Waals surface area contributed by atoms with Crippen LogP contribution in [0.1, 0.15) is 180 Å². The number of ketones is 2. The van der Waals surface area contributed by atoms with Crippen LogP contribution in [0.3, 0.4) is 0 Å². The van der Waals surface area contributed by atoms with E-state index >= 15 is 0 Å². The lowest BCUT2D eigenvalue weighted by Gasteiger charge is -2.22. The summed E-state index contributed by atoms with van der Waals surface area (Å²) >= 11 is 0. The molecule has 0 spiro atoms. The van der Waals surface area contributed by atoms with Crippen molar-refractivity contribution in [1.82, 2.24) is 9.80 Å². The number of Topliss-reactive ketones (excluding diaryl/α,β-unsaturated/α-hetero) is 2. The maximum Gasteiger partial charge on any atom is 0.158 e. The molecule has 0 atom stereocenters. The summed E-state index contributed by atoms with van der Waals surface area (Å²) in [6, 6.07) is 16.5. The fourth-order valence-electron chi connectivity index (χ4n) is 7.58. The first kappa shape index (κ1) is 49.8. The highest BCUT2D eigenvalue weighted by molar-refractivity contribution is 5.80. The van der Waals surface area contributed by atoms with Gasteiger partial charge in [-0.1, -0.05) is 166 Å². The number of nitrogens with zero attached hydrogens (tertiary/aromatic N) is 2. The van der Waals surface area contributed by atoms with Gasteiger partial charge in [0.05, 0.1) is 13.2 Å². The number of carbonyl (C=O) groups excluding carboxylic acids is 2. The summed E-state index contributed by atoms with van der Waals surface area (Å²) in [4.78, 5) is 30.9. The van der Waals surface area contributed by atoms with E-state index in [9.17, 15) is 9.59 Å². The summed E-state index contributed by atoms with van der Waals surface area (Å²) in [7, 11) is 0. The summed E-state index contributed by atoms with van der Waals surface area (Å²) in [6.45, 7) is 16.7. The third kappa shape index (κ3) is 24.4. The molecule has 0 fully saturated rings. The number of ether oxygens (including phenoxy) is 2. The normalized spacial score (nSPS) is 11.6. The Labute approximate surface area is 344 Å². The number of unbranched alkanes of at least 4 members (excludes halogenated alkanes) is 14. The van der Waals surface area contributed by atoms with Crippen molar-refractivity contribution in [3.8, 4) is 11.1 Å². The van der Waals surface area contributed by atoms with Gasteiger partial charge < -0.3 is 19.3 Å². The summed E-state index contributed by atoms with van der Waals surface area (Å²) in [5, 5.41) is 0. The summed E-state index contributed by atoms with van der Waals surface area (Å²) in [5.74, 6) is 0.355. The molecule has 2 aromatic rings. The molecule has 0 unspecified atom stereocenters. The zero-order valence-electron chi connectivity index (χ0n) is 36.8. The number of hydrogen-bond donors (Lipinski definition) is 0. The van der Waals surface area contributed by atoms with Crippen LogP contribution in [0.25, 0.3) is 11.1 Å². The molecule has 318 valence electrons. The number of rotatable bonds is 39. The minimum absolute atomic E-state index is 0.143. The second-order valence-electron chi connectivity index (χ2n) is 16.2. The van der Waals surface area contributed by atoms with Crippen LogP contribution < -0.4 is 0 Å². The molecule has 0 radical (unpaired) electrons. The molecule has 0 heterocycles. The Morgan fingerprint density at radius 3 is 1.07 bits per heavy atom. The van der Waals surface area contributed by atoms with Crippen LogP contribution in [-0.2, 0) is 32.3 Å². The Morgan fingerprint density at radius 2 is 0.714 bits per heavy atom. The Kier molecular flexibility index (Phi) is 30.8. The molecule has 0 amide bonds. The molecule has 0 aliphatic carbocycles. The van der Waals surface area contributed by atoms with Gasteiger partial charge in [0.1, 0.15) is 13.2 Å². The van der Waals surface area contributed by atoms with Gasteiger partial charge in [-0.25, -0.2) is 0 Å². The Hall–Kier alpha value is -2.38. The molecule has 0 saturated heterocycles. The van der Waals surface area contributed by atoms with E-state index in [4.69, 9.17) is 9.47 Å². The lowest BCUT2D eigenvalue weighted by Crippen LogP contribution is -2.28. The maximum atomic E-state index is 12.9. The zero-order chi connectivity index (χ0) is 40.3. The van der Waals surface area contributed by atoms with Gasteiger partial charge in [-0.05, 0) is 100 Å². The summed E-state index contributed by atoms with van der Waals surface area (Å²) in [5.41, 5.74) is 4.26. The quantitative estimate of drug-likeness (QED) is 0.0630. The smallest absolute Gasteiger partial charge is 0.158 e. The molecule has 0 aliphatic rings. The van der Waals surface area contributed by atoms with Gasteiger partial charge in [0.25, 0.3) is 0 Å². The largest absolute Gasteiger partial charge is 0.369 e. The van der Waals surface area contributed by atoms with E-state index in [0.717, 1.165) is 74.4 Å². The molecule has 0 N–H and O–H groups in total. The number of hydrogen-bond acceptors (Lipinski definition) is 6. The van der Waals surface area contributed by atoms with Gasteiger partial charge in [-0.2, -0.15) is 0 Å². The van der Waals surface area contributed by atoms with Crippen molar-refractivity contribution < 1.29 is 19.1 Å². The minimum Gasteiger partial charge on any atom is -0.369 e. The molecule has 0 aromatic heterocycles. The monoisotopic (exact) mass is 777 g/mol. The highest BCUT2D eigenvalue weighted by Gasteiger charge is 2.13. The van der Waals surface area contributed by atoms with Gasteiger partial charge in [0, 0.05) is 12.8 Å². The Morgan fingerprint density at radius 1 is 0.411 bits per heavy atom. The van der Waals surface area contributed by atoms with Crippen LogP contribution in [0.5, 0.6) is 0 Å². The van der Waals surface area contributed by atoms with Gasteiger partial charge in [-0.15, -0.1) is 0 Å². The van der Waals surface area contributed by atoms with Crippen LogP contribution in [0.2, 0.25) is 0 Å². The van der Waals surface area contributed by atoms with E-state index in [2.05, 4.69) is 61.8 Å². The van der Waals surface area contributed by atoms with Crippen LogP contribution in [0, 0.1) is 0 Å². The lowest BCUT2D eigenvalue weighted by atomic mass is 9.96. The first-order valence-electron chi connectivity index (χ1n) is 23.3. The van der Waals surface area contributed by atoms with Crippen LogP contribution in [-0.4, -0.2) is 73.8 Å². The van der Waals surface area contributed by atoms with Crippen molar-refractivity contribution in [2.75, 3.05) is 52.5 Å². The maximum absolute atomic E-state index is 12.9. The molecule has 6 nitrogen and oxygen atoms in total. The molecule has 2 rings (SSSR count). The molecule has 0 bridgehead atoms. The van der Waals surface area contributed by atoms with E-state index in [1.165, 1.54) is 116 Å². The zero-order valence-corrected chi connectivity index (χ0v) is 36.8. The van der Waals surface area contributed by atoms with Crippen LogP contribution in [0.15, 0.2) is 48.5 Å². The summed E-state index contributed by atoms with van der Waals surface area (Å²) in [6.07, 6.45) is 26.2. The topological polar surface area (TPSA) is 59.1 Å². The average Bonchev–Trinajstić information content (AvgIpc) is 3.21. The Balaban J connectivity index is 1.81. The van der Waals surface area contributed by atoms with E-state index in [1.807, 2.05) is 24.3 Å². The molecular weight excluding hydrogens is 693 g/mol. The molecular formula is C50H84N2O4. The SMILES string of the molecule is CCCCCCCN(CCCCCC)CCCC(=O)COCc1ccccc1-c1ccccc1COCC(=O)CCCN(CCCCCC)CCCCCCC. The number of carbonyl (C=O) groups is 2. The second-order valence-corrected chi connectivity index (χ2v) is 16.2. The van der Waals surface area contributed by atoms with E-state index in [-0.39, 0.29) is 24.8 Å². The fraction of sp³-hybridized carbons (Fsp3) is 0.720. The van der Waals surface area contributed by atoms with Gasteiger partial charge in [-0.3, -0.25) is 9.59 Å². The van der Waals surface area contributed by atoms with Crippen molar-refractivity contribution in [3.63, 3.8) is 0 Å². The van der Waals surface area contributed by atoms with Crippen molar-refractivity contribution in [2.24, 2.45) is 0 Å². The first-order valence-corrected chi connectivity index (χ1v) is 23.3. The number of benzene rings is 2. The van der Waals surface area contributed by atoms with E-state index in [1.54, 1.807) is 0 Å².